The number of carbonyl (C=O) groups excluding carboxylic acids is 2. The van der Waals surface area contributed by atoms with Crippen LogP contribution >= 0.6 is 11.8 Å². The van der Waals surface area contributed by atoms with Crippen molar-refractivity contribution in [1.29, 1.82) is 0 Å². The van der Waals surface area contributed by atoms with Crippen molar-refractivity contribution in [3.05, 3.63) is 59.9 Å². The van der Waals surface area contributed by atoms with E-state index in [4.69, 9.17) is 4.74 Å². The Kier molecular flexibility index (Phi) is 5.93. The number of nitrogens with zero attached hydrogens (tertiary/aromatic N) is 1. The molecule has 0 bridgehead atoms. The van der Waals surface area contributed by atoms with Crippen LogP contribution in [0.2, 0.25) is 0 Å². The Morgan fingerprint density at radius 3 is 2.69 bits per heavy atom. The molecule has 1 heterocycles. The van der Waals surface area contributed by atoms with E-state index in [2.05, 4.69) is 6.92 Å². The van der Waals surface area contributed by atoms with Crippen molar-refractivity contribution in [2.75, 3.05) is 18.1 Å². The number of carbonyl (C=O) groups is 2. The monoisotopic (exact) mass is 373 g/mol. The second-order valence-corrected chi connectivity index (χ2v) is 7.67. The van der Waals surface area contributed by atoms with Gasteiger partial charge in [-0.05, 0) is 36.2 Å². The van der Waals surface area contributed by atoms with E-state index >= 15 is 0 Å². The number of halogens is 1. The summed E-state index contributed by atoms with van der Waals surface area (Å²) >= 11 is 1.75. The molecule has 3 rings (SSSR count). The number of hydrogen-bond donors (Lipinski definition) is 0. The molecule has 0 radical (unpaired) electrons. The van der Waals surface area contributed by atoms with Crippen LogP contribution in [0.5, 0.6) is 0 Å². The fourth-order valence-corrected chi connectivity index (χ4v) is 3.90. The molecule has 0 fully saturated rings. The number of anilines is 1. The number of para-hydroxylation sites is 1. The van der Waals surface area contributed by atoms with Gasteiger partial charge in [-0.15, -0.1) is 11.8 Å². The van der Waals surface area contributed by atoms with Gasteiger partial charge in [-0.2, -0.15) is 0 Å². The molecule has 0 saturated heterocycles. The molecule has 1 aliphatic heterocycles. The van der Waals surface area contributed by atoms with Crippen LogP contribution in [-0.4, -0.2) is 30.3 Å². The molecule has 136 valence electrons. The normalized spacial score (nSPS) is 16.5. The topological polar surface area (TPSA) is 46.6 Å². The maximum Gasteiger partial charge on any atom is 0.310 e. The summed E-state index contributed by atoms with van der Waals surface area (Å²) in [6.07, 6.45) is 0.881. The molecule has 1 amide bonds. The SMILES string of the molecule is C[C@@H]1CCN(C(=O)COC(=O)Cc2ccc(F)cc2)c2ccccc2S1. The number of rotatable bonds is 4. The lowest BCUT2D eigenvalue weighted by atomic mass is 10.1. The fraction of sp³-hybridized carbons (Fsp3) is 0.300. The molecule has 0 unspecified atom stereocenters. The summed E-state index contributed by atoms with van der Waals surface area (Å²) in [5.41, 5.74) is 1.51. The Morgan fingerprint density at radius 2 is 1.92 bits per heavy atom. The second kappa shape index (κ2) is 8.36. The first kappa shape index (κ1) is 18.5. The van der Waals surface area contributed by atoms with Gasteiger partial charge in [0.1, 0.15) is 5.82 Å². The molecule has 0 aromatic heterocycles. The Bertz CT molecular complexity index is 794. The van der Waals surface area contributed by atoms with Gasteiger partial charge in [0.05, 0.1) is 12.1 Å². The average Bonchev–Trinajstić information content (AvgIpc) is 2.80. The van der Waals surface area contributed by atoms with Crippen molar-refractivity contribution >= 4 is 29.3 Å². The van der Waals surface area contributed by atoms with E-state index in [1.165, 1.54) is 24.3 Å². The highest BCUT2D eigenvalue weighted by Gasteiger charge is 2.24. The van der Waals surface area contributed by atoms with E-state index in [0.29, 0.717) is 17.4 Å². The van der Waals surface area contributed by atoms with Crippen molar-refractivity contribution in [3.63, 3.8) is 0 Å². The highest BCUT2D eigenvalue weighted by molar-refractivity contribution is 8.00. The Hall–Kier alpha value is -2.34. The zero-order valence-corrected chi connectivity index (χ0v) is 15.3. The summed E-state index contributed by atoms with van der Waals surface area (Å²) in [7, 11) is 0. The molecule has 2 aromatic carbocycles. The molecule has 2 aromatic rings. The average molecular weight is 373 g/mol. The quantitative estimate of drug-likeness (QED) is 0.764. The Balaban J connectivity index is 1.61. The minimum absolute atomic E-state index is 0.0109. The van der Waals surface area contributed by atoms with Crippen LogP contribution in [0.1, 0.15) is 18.9 Å². The van der Waals surface area contributed by atoms with Crippen LogP contribution in [0.15, 0.2) is 53.4 Å². The van der Waals surface area contributed by atoms with Crippen LogP contribution in [0.25, 0.3) is 0 Å². The predicted molar refractivity (Wildman–Crippen MR) is 99.8 cm³/mol. The molecule has 0 N–H and O–H groups in total. The van der Waals surface area contributed by atoms with Gasteiger partial charge >= 0.3 is 5.97 Å². The van der Waals surface area contributed by atoms with E-state index in [1.807, 2.05) is 24.3 Å². The van der Waals surface area contributed by atoms with Gasteiger partial charge in [0, 0.05) is 16.7 Å². The van der Waals surface area contributed by atoms with Gasteiger partial charge in [-0.25, -0.2) is 4.39 Å². The summed E-state index contributed by atoms with van der Waals surface area (Å²) < 4.78 is 18.0. The van der Waals surface area contributed by atoms with Gasteiger partial charge in [-0.1, -0.05) is 31.2 Å². The number of ether oxygens (including phenoxy) is 1. The molecular weight excluding hydrogens is 353 g/mol. The van der Waals surface area contributed by atoms with Crippen molar-refractivity contribution in [1.82, 2.24) is 0 Å². The first-order valence-corrected chi connectivity index (χ1v) is 9.37. The van der Waals surface area contributed by atoms with Gasteiger partial charge in [0.2, 0.25) is 0 Å². The minimum Gasteiger partial charge on any atom is -0.455 e. The van der Waals surface area contributed by atoms with Crippen LogP contribution in [0.3, 0.4) is 0 Å². The third kappa shape index (κ3) is 4.64. The molecule has 0 aliphatic carbocycles. The number of benzene rings is 2. The van der Waals surface area contributed by atoms with E-state index in [0.717, 1.165) is 17.0 Å². The fourth-order valence-electron chi connectivity index (χ4n) is 2.79. The van der Waals surface area contributed by atoms with E-state index in [9.17, 15) is 14.0 Å². The minimum atomic E-state index is -0.504. The molecule has 26 heavy (non-hydrogen) atoms. The number of esters is 1. The lowest BCUT2D eigenvalue weighted by Gasteiger charge is -2.22. The maximum absolute atomic E-state index is 12.9. The van der Waals surface area contributed by atoms with E-state index < -0.39 is 5.97 Å². The standard InChI is InChI=1S/C20H20FNO3S/c1-14-10-11-22(17-4-2-3-5-18(17)26-14)19(23)13-25-20(24)12-15-6-8-16(21)9-7-15/h2-9,14H,10-13H2,1H3/t14-/m1/s1. The molecule has 4 nitrogen and oxygen atoms in total. The second-order valence-electron chi connectivity index (χ2n) is 6.19. The summed E-state index contributed by atoms with van der Waals surface area (Å²) in [5, 5.41) is 0.412. The summed E-state index contributed by atoms with van der Waals surface area (Å²) in [6, 6.07) is 13.4. The van der Waals surface area contributed by atoms with E-state index in [-0.39, 0.29) is 24.8 Å². The largest absolute Gasteiger partial charge is 0.455 e. The van der Waals surface area contributed by atoms with Crippen molar-refractivity contribution < 1.29 is 18.7 Å². The summed E-state index contributed by atoms with van der Waals surface area (Å²) in [5.74, 6) is -1.10. The molecule has 1 atom stereocenters. The molecule has 0 spiro atoms. The maximum atomic E-state index is 12.9. The van der Waals surface area contributed by atoms with Gasteiger partial charge < -0.3 is 9.64 Å². The molecule has 6 heteroatoms. The van der Waals surface area contributed by atoms with Crippen LogP contribution in [0.4, 0.5) is 10.1 Å². The zero-order chi connectivity index (χ0) is 18.5. The van der Waals surface area contributed by atoms with Gasteiger partial charge in [0.25, 0.3) is 5.91 Å². The third-order valence-electron chi connectivity index (χ3n) is 4.16. The zero-order valence-electron chi connectivity index (χ0n) is 14.5. The first-order chi connectivity index (χ1) is 12.5. The summed E-state index contributed by atoms with van der Waals surface area (Å²) in [4.78, 5) is 27.3. The first-order valence-electron chi connectivity index (χ1n) is 8.49. The van der Waals surface area contributed by atoms with Crippen LogP contribution < -0.4 is 4.90 Å². The third-order valence-corrected chi connectivity index (χ3v) is 5.40. The van der Waals surface area contributed by atoms with E-state index in [1.54, 1.807) is 16.7 Å². The Labute approximate surface area is 156 Å². The predicted octanol–water partition coefficient (Wildman–Crippen LogP) is 3.83. The van der Waals surface area contributed by atoms with Crippen molar-refractivity contribution in [2.45, 2.75) is 29.9 Å². The molecule has 1 aliphatic rings. The molecule has 0 saturated carbocycles. The number of hydrogen-bond acceptors (Lipinski definition) is 4. The highest BCUT2D eigenvalue weighted by atomic mass is 32.2. The lowest BCUT2D eigenvalue weighted by molar-refractivity contribution is -0.147. The lowest BCUT2D eigenvalue weighted by Crippen LogP contribution is -2.36. The number of fused-ring (bicyclic) bond motifs is 1. The van der Waals surface area contributed by atoms with Gasteiger partial charge in [0.15, 0.2) is 6.61 Å². The van der Waals surface area contributed by atoms with Crippen molar-refractivity contribution in [3.8, 4) is 0 Å². The van der Waals surface area contributed by atoms with Crippen LogP contribution in [0, 0.1) is 5.82 Å². The van der Waals surface area contributed by atoms with Crippen molar-refractivity contribution in [2.24, 2.45) is 0 Å². The Morgan fingerprint density at radius 1 is 1.19 bits per heavy atom. The molecular formula is C20H20FNO3S. The van der Waals surface area contributed by atoms with Crippen LogP contribution in [-0.2, 0) is 20.7 Å². The number of thioether (sulfide) groups is 1. The highest BCUT2D eigenvalue weighted by Crippen LogP contribution is 2.37. The summed E-state index contributed by atoms with van der Waals surface area (Å²) in [6.45, 7) is 2.44. The smallest absolute Gasteiger partial charge is 0.310 e. The number of amides is 1. The van der Waals surface area contributed by atoms with Gasteiger partial charge in [-0.3, -0.25) is 9.59 Å².